The summed E-state index contributed by atoms with van der Waals surface area (Å²) >= 11 is 6.03. The Hall–Kier alpha value is -2.00. The molecule has 1 heterocycles. The molecule has 0 amide bonds. The molecular weight excluding hydrogens is 298 g/mol. The molecule has 1 aliphatic heterocycles. The zero-order valence-corrected chi connectivity index (χ0v) is 13.0. The van der Waals surface area contributed by atoms with Crippen LogP contribution in [-0.4, -0.2) is 12.0 Å². The molecule has 1 unspecified atom stereocenters. The van der Waals surface area contributed by atoms with Crippen LogP contribution < -0.4 is 5.32 Å². The first-order chi connectivity index (χ1) is 10.7. The smallest absolute Gasteiger partial charge is 0.328 e. The summed E-state index contributed by atoms with van der Waals surface area (Å²) in [7, 11) is 0. The van der Waals surface area contributed by atoms with Gasteiger partial charge in [-0.05, 0) is 48.6 Å². The van der Waals surface area contributed by atoms with E-state index in [2.05, 4.69) is 5.32 Å². The first-order valence-electron chi connectivity index (χ1n) is 7.48. The molecule has 0 spiro atoms. The molecule has 0 radical (unpaired) electrons. The number of halogens is 1. The second-order valence-corrected chi connectivity index (χ2v) is 5.92. The highest BCUT2D eigenvalue weighted by Gasteiger charge is 2.23. The number of aryl methyl sites for hydroxylation is 1. The zero-order valence-electron chi connectivity index (χ0n) is 12.2. The van der Waals surface area contributed by atoms with E-state index in [1.54, 1.807) is 0 Å². The Morgan fingerprint density at radius 1 is 1.23 bits per heavy atom. The molecule has 22 heavy (non-hydrogen) atoms. The monoisotopic (exact) mass is 315 g/mol. The largest absolute Gasteiger partial charge is 0.459 e. The number of hydrogen-bond donors (Lipinski definition) is 1. The average Bonchev–Trinajstić information content (AvgIpc) is 2.75. The lowest BCUT2D eigenvalue weighted by Crippen LogP contribution is -2.30. The highest BCUT2D eigenvalue weighted by atomic mass is 35.5. The number of fused-ring (bicyclic) bond motifs is 1. The molecule has 0 aliphatic carbocycles. The highest BCUT2D eigenvalue weighted by Crippen LogP contribution is 2.27. The minimum atomic E-state index is -0.300. The molecule has 0 aromatic heterocycles. The summed E-state index contributed by atoms with van der Waals surface area (Å²) in [5.74, 6) is -0.202. The number of ether oxygens (including phenoxy) is 1. The summed E-state index contributed by atoms with van der Waals surface area (Å²) in [5, 5.41) is 4.02. The first-order valence-corrected chi connectivity index (χ1v) is 7.86. The maximum Gasteiger partial charge on any atom is 0.328 e. The van der Waals surface area contributed by atoms with Gasteiger partial charge in [-0.15, -0.1) is 0 Å². The maximum atomic E-state index is 12.3. The van der Waals surface area contributed by atoms with Crippen LogP contribution in [0.25, 0.3) is 0 Å². The lowest BCUT2D eigenvalue weighted by atomic mass is 10.1. The van der Waals surface area contributed by atoms with Crippen molar-refractivity contribution < 1.29 is 9.53 Å². The minimum Gasteiger partial charge on any atom is -0.459 e. The molecule has 3 nitrogen and oxygen atoms in total. The molecule has 114 valence electrons. The number of anilines is 1. The lowest BCUT2D eigenvalue weighted by Gasteiger charge is -2.17. The van der Waals surface area contributed by atoms with Gasteiger partial charge in [-0.3, -0.25) is 0 Å². The van der Waals surface area contributed by atoms with Gasteiger partial charge in [-0.1, -0.05) is 41.9 Å². The molecule has 0 fully saturated rings. The Labute approximate surface area is 135 Å². The predicted molar refractivity (Wildman–Crippen MR) is 88.0 cm³/mol. The van der Waals surface area contributed by atoms with Crippen molar-refractivity contribution in [2.24, 2.45) is 0 Å². The third-order valence-electron chi connectivity index (χ3n) is 3.84. The van der Waals surface area contributed by atoms with Gasteiger partial charge >= 0.3 is 5.97 Å². The van der Waals surface area contributed by atoms with Crippen molar-refractivity contribution in [1.82, 2.24) is 0 Å². The third-order valence-corrected chi connectivity index (χ3v) is 4.08. The van der Waals surface area contributed by atoms with Gasteiger partial charge in [-0.25, -0.2) is 4.79 Å². The van der Waals surface area contributed by atoms with Crippen LogP contribution in [-0.2, 0) is 22.6 Å². The van der Waals surface area contributed by atoms with Gasteiger partial charge in [-0.2, -0.15) is 0 Å². The Morgan fingerprint density at radius 2 is 2.05 bits per heavy atom. The Kier molecular flexibility index (Phi) is 4.64. The number of nitrogens with one attached hydrogen (secondary N) is 1. The van der Waals surface area contributed by atoms with Crippen LogP contribution >= 0.6 is 11.6 Å². The van der Waals surface area contributed by atoms with Gasteiger partial charge in [0.25, 0.3) is 0 Å². The molecule has 0 saturated carbocycles. The van der Waals surface area contributed by atoms with E-state index < -0.39 is 0 Å². The summed E-state index contributed by atoms with van der Waals surface area (Å²) in [5.41, 5.74) is 3.13. The average molecular weight is 316 g/mol. The summed E-state index contributed by atoms with van der Waals surface area (Å²) in [6.07, 6.45) is 2.62. The fraction of sp³-hybridized carbons (Fsp3) is 0.278. The zero-order chi connectivity index (χ0) is 15.4. The number of hydrogen-bond acceptors (Lipinski definition) is 3. The number of carbonyl (C=O) groups excluding carboxylic acids is 1. The van der Waals surface area contributed by atoms with Gasteiger partial charge in [0.1, 0.15) is 12.6 Å². The van der Waals surface area contributed by atoms with Crippen molar-refractivity contribution in [3.8, 4) is 0 Å². The SMILES string of the molecule is O=C(OCc1ccccc1)C1CCCc2cc(Cl)ccc2N1. The van der Waals surface area contributed by atoms with Gasteiger partial charge in [0, 0.05) is 10.7 Å². The van der Waals surface area contributed by atoms with E-state index in [0.717, 1.165) is 41.1 Å². The van der Waals surface area contributed by atoms with E-state index in [0.29, 0.717) is 6.61 Å². The number of carbonyl (C=O) groups is 1. The van der Waals surface area contributed by atoms with E-state index in [4.69, 9.17) is 16.3 Å². The van der Waals surface area contributed by atoms with E-state index in [-0.39, 0.29) is 12.0 Å². The lowest BCUT2D eigenvalue weighted by molar-refractivity contribution is -0.146. The van der Waals surface area contributed by atoms with Gasteiger partial charge < -0.3 is 10.1 Å². The topological polar surface area (TPSA) is 38.3 Å². The van der Waals surface area contributed by atoms with Crippen LogP contribution in [0, 0.1) is 0 Å². The summed E-state index contributed by atoms with van der Waals surface area (Å²) < 4.78 is 5.43. The molecule has 0 bridgehead atoms. The second-order valence-electron chi connectivity index (χ2n) is 5.48. The van der Waals surface area contributed by atoms with Crippen LogP contribution in [0.2, 0.25) is 5.02 Å². The van der Waals surface area contributed by atoms with E-state index in [9.17, 15) is 4.79 Å². The number of rotatable bonds is 3. The molecule has 2 aromatic rings. The highest BCUT2D eigenvalue weighted by molar-refractivity contribution is 6.30. The van der Waals surface area contributed by atoms with Crippen molar-refractivity contribution >= 4 is 23.3 Å². The normalized spacial score (nSPS) is 17.0. The van der Waals surface area contributed by atoms with Crippen molar-refractivity contribution in [2.45, 2.75) is 31.9 Å². The van der Waals surface area contributed by atoms with Crippen molar-refractivity contribution in [1.29, 1.82) is 0 Å². The van der Waals surface area contributed by atoms with E-state index in [1.807, 2.05) is 48.5 Å². The molecule has 1 N–H and O–H groups in total. The first kappa shape index (κ1) is 14.9. The predicted octanol–water partition coefficient (Wildman–Crippen LogP) is 4.20. The van der Waals surface area contributed by atoms with Gasteiger partial charge in [0.05, 0.1) is 0 Å². The molecule has 1 atom stereocenters. The quantitative estimate of drug-likeness (QED) is 0.863. The molecule has 4 heteroatoms. The fourth-order valence-electron chi connectivity index (χ4n) is 2.67. The van der Waals surface area contributed by atoms with Gasteiger partial charge in [0.2, 0.25) is 0 Å². The van der Waals surface area contributed by atoms with Gasteiger partial charge in [0.15, 0.2) is 0 Å². The summed E-state index contributed by atoms with van der Waals surface area (Å²) in [4.78, 5) is 12.3. The second kappa shape index (κ2) is 6.84. The molecular formula is C18H18ClNO2. The fourth-order valence-corrected chi connectivity index (χ4v) is 2.87. The minimum absolute atomic E-state index is 0.202. The van der Waals surface area contributed by atoms with Crippen LogP contribution in [0.5, 0.6) is 0 Å². The van der Waals surface area contributed by atoms with E-state index >= 15 is 0 Å². The summed E-state index contributed by atoms with van der Waals surface area (Å²) in [6.45, 7) is 0.311. The van der Waals surface area contributed by atoms with Crippen molar-refractivity contribution in [3.05, 3.63) is 64.7 Å². The Balaban J connectivity index is 1.64. The summed E-state index contributed by atoms with van der Waals surface area (Å²) in [6, 6.07) is 15.1. The Bertz CT molecular complexity index is 657. The number of esters is 1. The molecule has 2 aromatic carbocycles. The van der Waals surface area contributed by atoms with Crippen LogP contribution in [0.1, 0.15) is 24.0 Å². The molecule has 0 saturated heterocycles. The van der Waals surface area contributed by atoms with Crippen LogP contribution in [0.15, 0.2) is 48.5 Å². The van der Waals surface area contributed by atoms with Crippen molar-refractivity contribution in [3.63, 3.8) is 0 Å². The van der Waals surface area contributed by atoms with Crippen LogP contribution in [0.4, 0.5) is 5.69 Å². The standard InChI is InChI=1S/C18H18ClNO2/c19-15-9-10-16-14(11-15)7-4-8-17(20-16)18(21)22-12-13-5-2-1-3-6-13/h1-3,5-6,9-11,17,20H,4,7-8,12H2. The van der Waals surface area contributed by atoms with Crippen molar-refractivity contribution in [2.75, 3.05) is 5.32 Å². The molecule has 1 aliphatic rings. The third kappa shape index (κ3) is 3.60. The van der Waals surface area contributed by atoms with E-state index in [1.165, 1.54) is 0 Å². The Morgan fingerprint density at radius 3 is 2.86 bits per heavy atom. The van der Waals surface area contributed by atoms with Crippen LogP contribution in [0.3, 0.4) is 0 Å². The maximum absolute atomic E-state index is 12.3. The molecule has 3 rings (SSSR count). The number of benzene rings is 2.